The summed E-state index contributed by atoms with van der Waals surface area (Å²) in [5.41, 5.74) is 0. The first-order chi connectivity index (χ1) is 7.85. The molecule has 0 aliphatic heterocycles. The van der Waals surface area contributed by atoms with Gasteiger partial charge in [0.1, 0.15) is 6.61 Å². The first kappa shape index (κ1) is 15.1. The minimum atomic E-state index is 0.768. The van der Waals surface area contributed by atoms with Crippen LogP contribution in [-0.2, 0) is 4.74 Å². The summed E-state index contributed by atoms with van der Waals surface area (Å²) in [5, 5.41) is 0. The van der Waals surface area contributed by atoms with E-state index in [1.165, 1.54) is 12.8 Å². The van der Waals surface area contributed by atoms with Crippen molar-refractivity contribution in [1.82, 2.24) is 4.90 Å². The molecule has 0 rings (SSSR count). The monoisotopic (exact) mass is 225 g/mol. The molecule has 0 saturated carbocycles. The van der Waals surface area contributed by atoms with Crippen LogP contribution in [0.2, 0.25) is 0 Å². The summed E-state index contributed by atoms with van der Waals surface area (Å²) in [6, 6.07) is 0. The molecule has 0 aromatic heterocycles. The zero-order chi connectivity index (χ0) is 12.1. The Morgan fingerprint density at radius 1 is 1.00 bits per heavy atom. The second-order valence-corrected chi connectivity index (χ2v) is 3.83. The van der Waals surface area contributed by atoms with E-state index in [1.54, 1.807) is 0 Å². The molecule has 0 atom stereocenters. The van der Waals surface area contributed by atoms with Crippen LogP contribution in [0.4, 0.5) is 0 Å². The molecule has 0 fully saturated rings. The number of unbranched alkanes of at least 4 members (excludes halogenated alkanes) is 2. The predicted molar refractivity (Wildman–Crippen MR) is 71.3 cm³/mol. The van der Waals surface area contributed by atoms with E-state index in [1.807, 2.05) is 6.26 Å². The van der Waals surface area contributed by atoms with Gasteiger partial charge in [-0.3, -0.25) is 0 Å². The summed E-state index contributed by atoms with van der Waals surface area (Å²) < 4.78 is 5.42. The van der Waals surface area contributed by atoms with Gasteiger partial charge in [0.15, 0.2) is 0 Å². The maximum atomic E-state index is 5.42. The zero-order valence-corrected chi connectivity index (χ0v) is 11.1. The quantitative estimate of drug-likeness (QED) is 0.412. The van der Waals surface area contributed by atoms with Crippen LogP contribution in [0.25, 0.3) is 0 Å². The van der Waals surface area contributed by atoms with Gasteiger partial charge in [-0.05, 0) is 32.0 Å². The second-order valence-electron chi connectivity index (χ2n) is 3.83. The van der Waals surface area contributed by atoms with Gasteiger partial charge in [-0.2, -0.15) is 0 Å². The fraction of sp³-hybridized carbons (Fsp3) is 0.714. The molecule has 0 radical (unpaired) electrons. The summed E-state index contributed by atoms with van der Waals surface area (Å²) in [4.78, 5) is 2.28. The summed E-state index contributed by atoms with van der Waals surface area (Å²) in [5.74, 6) is 0. The minimum Gasteiger partial charge on any atom is -0.500 e. The summed E-state index contributed by atoms with van der Waals surface area (Å²) in [6.07, 6.45) is 13.0. The van der Waals surface area contributed by atoms with Gasteiger partial charge in [0.25, 0.3) is 0 Å². The van der Waals surface area contributed by atoms with E-state index in [0.29, 0.717) is 0 Å². The van der Waals surface area contributed by atoms with Crippen molar-refractivity contribution >= 4 is 0 Å². The highest BCUT2D eigenvalue weighted by atomic mass is 16.5. The van der Waals surface area contributed by atoms with Crippen molar-refractivity contribution in [3.05, 3.63) is 24.6 Å². The highest BCUT2D eigenvalue weighted by Crippen LogP contribution is 1.95. The van der Waals surface area contributed by atoms with Gasteiger partial charge in [0, 0.05) is 6.54 Å². The van der Waals surface area contributed by atoms with E-state index in [-0.39, 0.29) is 0 Å². The molecule has 0 aromatic rings. The van der Waals surface area contributed by atoms with Crippen molar-refractivity contribution < 1.29 is 4.74 Å². The molecule has 0 unspecified atom stereocenters. The van der Waals surface area contributed by atoms with E-state index < -0.39 is 0 Å². The molecule has 0 saturated heterocycles. The van der Waals surface area contributed by atoms with Gasteiger partial charge in [-0.1, -0.05) is 32.8 Å². The highest BCUT2D eigenvalue weighted by Gasteiger charge is 1.93. The number of hydrogen-bond donors (Lipinski definition) is 0. The molecule has 0 bridgehead atoms. The van der Waals surface area contributed by atoms with Crippen LogP contribution in [0.15, 0.2) is 24.6 Å². The van der Waals surface area contributed by atoms with Gasteiger partial charge < -0.3 is 9.64 Å². The van der Waals surface area contributed by atoms with Crippen LogP contribution in [0.5, 0.6) is 0 Å². The Hall–Kier alpha value is -0.920. The van der Waals surface area contributed by atoms with Crippen molar-refractivity contribution in [2.75, 3.05) is 19.7 Å². The molecule has 0 N–H and O–H groups in total. The van der Waals surface area contributed by atoms with Gasteiger partial charge >= 0.3 is 0 Å². The van der Waals surface area contributed by atoms with E-state index in [2.05, 4.69) is 44.0 Å². The van der Waals surface area contributed by atoms with Crippen LogP contribution in [0.1, 0.15) is 46.5 Å². The number of likely N-dealkylation sites (N-methyl/N-ethyl adjacent to an activating group) is 1. The molecular weight excluding hydrogens is 198 g/mol. The number of ether oxygens (including phenoxy) is 1. The average Bonchev–Trinajstić information content (AvgIpc) is 2.31. The number of nitrogens with zero attached hydrogens (tertiary/aromatic N) is 1. The Labute approximate surface area is 101 Å². The minimum absolute atomic E-state index is 0.768. The molecule has 2 heteroatoms. The smallest absolute Gasteiger partial charge is 0.105 e. The molecule has 16 heavy (non-hydrogen) atoms. The number of rotatable bonds is 10. The molecule has 0 aliphatic rings. The third kappa shape index (κ3) is 9.63. The molecule has 0 amide bonds. The summed E-state index contributed by atoms with van der Waals surface area (Å²) >= 11 is 0. The van der Waals surface area contributed by atoms with E-state index >= 15 is 0 Å². The van der Waals surface area contributed by atoms with Crippen LogP contribution >= 0.6 is 0 Å². The Kier molecular flexibility index (Phi) is 11.5. The SMILES string of the molecule is CCCC=COCCN(C=CCCC)CC. The van der Waals surface area contributed by atoms with Gasteiger partial charge in [-0.15, -0.1) is 0 Å². The van der Waals surface area contributed by atoms with Crippen LogP contribution < -0.4 is 0 Å². The van der Waals surface area contributed by atoms with E-state index in [9.17, 15) is 0 Å². The Balaban J connectivity index is 3.54. The molecular formula is C14H27NO. The van der Waals surface area contributed by atoms with Crippen molar-refractivity contribution in [2.24, 2.45) is 0 Å². The Morgan fingerprint density at radius 2 is 1.69 bits per heavy atom. The average molecular weight is 225 g/mol. The molecule has 2 nitrogen and oxygen atoms in total. The molecule has 0 spiro atoms. The van der Waals surface area contributed by atoms with Crippen LogP contribution in [-0.4, -0.2) is 24.6 Å². The highest BCUT2D eigenvalue weighted by molar-refractivity contribution is 4.81. The van der Waals surface area contributed by atoms with E-state index in [4.69, 9.17) is 4.74 Å². The van der Waals surface area contributed by atoms with Crippen molar-refractivity contribution in [3.63, 3.8) is 0 Å². The summed E-state index contributed by atoms with van der Waals surface area (Å²) in [7, 11) is 0. The zero-order valence-electron chi connectivity index (χ0n) is 11.1. The van der Waals surface area contributed by atoms with Gasteiger partial charge in [0.05, 0.1) is 12.8 Å². The lowest BCUT2D eigenvalue weighted by Crippen LogP contribution is -2.21. The Morgan fingerprint density at radius 3 is 2.31 bits per heavy atom. The first-order valence-corrected chi connectivity index (χ1v) is 6.52. The molecule has 0 aliphatic carbocycles. The van der Waals surface area contributed by atoms with Crippen molar-refractivity contribution in [2.45, 2.75) is 46.5 Å². The standard InChI is InChI=1S/C14H27NO/c1-4-7-9-11-15(6-3)12-14-16-13-10-8-5-2/h9-11,13H,4-8,12,14H2,1-3H3. The van der Waals surface area contributed by atoms with Crippen LogP contribution in [0.3, 0.4) is 0 Å². The lowest BCUT2D eigenvalue weighted by molar-refractivity contribution is 0.210. The van der Waals surface area contributed by atoms with E-state index in [0.717, 1.165) is 32.5 Å². The fourth-order valence-electron chi connectivity index (χ4n) is 1.27. The third-order valence-electron chi connectivity index (χ3n) is 2.32. The topological polar surface area (TPSA) is 12.5 Å². The molecule has 0 aromatic carbocycles. The fourth-order valence-corrected chi connectivity index (χ4v) is 1.27. The predicted octanol–water partition coefficient (Wildman–Crippen LogP) is 3.95. The number of hydrogen-bond acceptors (Lipinski definition) is 2. The molecule has 0 heterocycles. The second kappa shape index (κ2) is 12.2. The maximum absolute atomic E-state index is 5.42. The number of allylic oxidation sites excluding steroid dienone is 2. The Bertz CT molecular complexity index is 187. The van der Waals surface area contributed by atoms with Crippen molar-refractivity contribution in [1.29, 1.82) is 0 Å². The van der Waals surface area contributed by atoms with Gasteiger partial charge in [0.2, 0.25) is 0 Å². The van der Waals surface area contributed by atoms with Crippen molar-refractivity contribution in [3.8, 4) is 0 Å². The lowest BCUT2D eigenvalue weighted by atomic mass is 10.3. The first-order valence-electron chi connectivity index (χ1n) is 6.52. The molecule has 94 valence electrons. The summed E-state index contributed by atoms with van der Waals surface area (Å²) in [6.45, 7) is 9.31. The van der Waals surface area contributed by atoms with Crippen LogP contribution in [0, 0.1) is 0 Å². The normalized spacial score (nSPS) is 11.4. The lowest BCUT2D eigenvalue weighted by Gasteiger charge is -2.17. The maximum Gasteiger partial charge on any atom is 0.105 e. The largest absolute Gasteiger partial charge is 0.500 e. The van der Waals surface area contributed by atoms with Gasteiger partial charge in [-0.25, -0.2) is 0 Å². The third-order valence-corrected chi connectivity index (χ3v) is 2.32.